The molecule has 174 valence electrons. The fourth-order valence-corrected chi connectivity index (χ4v) is 5.73. The van der Waals surface area contributed by atoms with Gasteiger partial charge in [-0.3, -0.25) is 9.69 Å². The molecule has 2 aromatic rings. The Hall–Kier alpha value is -1.58. The van der Waals surface area contributed by atoms with Gasteiger partial charge in [0.25, 0.3) is 5.91 Å². The highest BCUT2D eigenvalue weighted by molar-refractivity contribution is 7.98. The summed E-state index contributed by atoms with van der Waals surface area (Å²) in [6.45, 7) is 5.53. The van der Waals surface area contributed by atoms with E-state index in [0.29, 0.717) is 38.3 Å². The number of nitrogens with one attached hydrogen (secondary N) is 1. The van der Waals surface area contributed by atoms with Crippen molar-refractivity contribution in [2.24, 2.45) is 0 Å². The average Bonchev–Trinajstić information content (AvgIpc) is 2.80. The Bertz CT molecular complexity index is 992. The molecule has 1 aliphatic rings. The van der Waals surface area contributed by atoms with E-state index in [0.717, 1.165) is 34.2 Å². The molecule has 1 amide bonds. The number of halogens is 1. The molecule has 1 aliphatic heterocycles. The molecule has 32 heavy (non-hydrogen) atoms. The van der Waals surface area contributed by atoms with Gasteiger partial charge in [0, 0.05) is 61.4 Å². The summed E-state index contributed by atoms with van der Waals surface area (Å²) in [6.07, 6.45) is 0. The number of benzene rings is 2. The number of carbonyl (C=O) groups excluding carboxylic acids is 1. The first kappa shape index (κ1) is 25.1. The predicted octanol–water partition coefficient (Wildman–Crippen LogP) is 3.47. The molecule has 0 bridgehead atoms. The minimum absolute atomic E-state index is 0.0757. The lowest BCUT2D eigenvalue weighted by molar-refractivity contribution is 0.0956. The second-order valence-corrected chi connectivity index (χ2v) is 11.4. The number of hydrogen-bond acceptors (Lipinski definition) is 5. The first-order valence-corrected chi connectivity index (χ1v) is 13.9. The van der Waals surface area contributed by atoms with Gasteiger partial charge < -0.3 is 5.32 Å². The summed E-state index contributed by atoms with van der Waals surface area (Å²) in [5.74, 6) is 1.71. The van der Waals surface area contributed by atoms with Crippen LogP contribution in [0, 0.1) is 0 Å². The molecule has 0 radical (unpaired) electrons. The van der Waals surface area contributed by atoms with E-state index in [-0.39, 0.29) is 11.7 Å². The number of amides is 1. The highest BCUT2D eigenvalue weighted by atomic mass is 35.5. The number of hydrogen-bond donors (Lipinski definition) is 1. The highest BCUT2D eigenvalue weighted by Gasteiger charge is 2.25. The second kappa shape index (κ2) is 12.0. The van der Waals surface area contributed by atoms with Crippen LogP contribution in [-0.4, -0.2) is 67.8 Å². The Morgan fingerprint density at radius 1 is 1.06 bits per heavy atom. The molecular weight excluding hydrogens is 466 g/mol. The van der Waals surface area contributed by atoms with E-state index in [1.807, 2.05) is 48.5 Å². The van der Waals surface area contributed by atoms with Gasteiger partial charge in [-0.2, -0.15) is 16.1 Å². The molecule has 3 rings (SSSR count). The zero-order chi connectivity index (χ0) is 23.0. The minimum Gasteiger partial charge on any atom is -0.351 e. The van der Waals surface area contributed by atoms with E-state index < -0.39 is 10.0 Å². The lowest BCUT2D eigenvalue weighted by atomic mass is 10.1. The van der Waals surface area contributed by atoms with Gasteiger partial charge in [-0.15, -0.1) is 0 Å². The molecule has 1 heterocycles. The maximum absolute atomic E-state index is 12.4. The summed E-state index contributed by atoms with van der Waals surface area (Å²) in [4.78, 5) is 14.6. The van der Waals surface area contributed by atoms with E-state index in [4.69, 9.17) is 11.6 Å². The third kappa shape index (κ3) is 7.22. The van der Waals surface area contributed by atoms with Crippen molar-refractivity contribution in [2.45, 2.75) is 19.2 Å². The molecule has 0 atom stereocenters. The van der Waals surface area contributed by atoms with Gasteiger partial charge in [0.05, 0.1) is 5.75 Å². The highest BCUT2D eigenvalue weighted by Crippen LogP contribution is 2.20. The molecule has 0 aliphatic carbocycles. The molecule has 0 saturated carbocycles. The van der Waals surface area contributed by atoms with Gasteiger partial charge in [0.1, 0.15) is 0 Å². The number of carbonyl (C=O) groups is 1. The Balaban J connectivity index is 1.37. The van der Waals surface area contributed by atoms with Crippen molar-refractivity contribution in [3.05, 3.63) is 70.2 Å². The number of nitrogens with zero attached hydrogens (tertiary/aromatic N) is 2. The molecule has 2 aromatic carbocycles. The fraction of sp³-hybridized carbons (Fsp3) is 0.435. The van der Waals surface area contributed by atoms with Crippen LogP contribution in [0.1, 0.15) is 28.4 Å². The molecule has 1 N–H and O–H groups in total. The minimum atomic E-state index is -3.11. The maximum atomic E-state index is 12.4. The van der Waals surface area contributed by atoms with E-state index in [1.54, 1.807) is 23.0 Å². The standard InChI is InChI=1S/C23H30ClN3O3S2/c1-2-32(29,30)27-14-12-26(13-15-27)17-19-7-9-20(10-8-19)23(28)25-11-16-31-18-21-5-3-4-6-22(21)24/h3-10H,2,11-18H2,1H3,(H,25,28). The predicted molar refractivity (Wildman–Crippen MR) is 133 cm³/mol. The van der Waals surface area contributed by atoms with Gasteiger partial charge >= 0.3 is 0 Å². The smallest absolute Gasteiger partial charge is 0.251 e. The molecule has 1 fully saturated rings. The maximum Gasteiger partial charge on any atom is 0.251 e. The molecule has 0 spiro atoms. The summed E-state index contributed by atoms with van der Waals surface area (Å²) < 4.78 is 25.5. The first-order valence-electron chi connectivity index (χ1n) is 10.8. The normalized spacial score (nSPS) is 15.6. The van der Waals surface area contributed by atoms with Gasteiger partial charge in [-0.25, -0.2) is 8.42 Å². The summed E-state index contributed by atoms with van der Waals surface area (Å²) in [6, 6.07) is 15.4. The van der Waals surface area contributed by atoms with Crippen LogP contribution >= 0.6 is 23.4 Å². The Morgan fingerprint density at radius 3 is 2.41 bits per heavy atom. The number of thioether (sulfide) groups is 1. The summed E-state index contributed by atoms with van der Waals surface area (Å²) in [5, 5.41) is 3.73. The monoisotopic (exact) mass is 495 g/mol. The van der Waals surface area contributed by atoms with E-state index in [1.165, 1.54) is 0 Å². The van der Waals surface area contributed by atoms with Gasteiger partial charge in [0.15, 0.2) is 0 Å². The van der Waals surface area contributed by atoms with E-state index >= 15 is 0 Å². The van der Waals surface area contributed by atoms with Crippen molar-refractivity contribution in [3.8, 4) is 0 Å². The number of rotatable bonds is 10. The van der Waals surface area contributed by atoms with Crippen molar-refractivity contribution in [1.82, 2.24) is 14.5 Å². The van der Waals surface area contributed by atoms with Crippen LogP contribution in [0.4, 0.5) is 0 Å². The SMILES string of the molecule is CCS(=O)(=O)N1CCN(Cc2ccc(C(=O)NCCSCc3ccccc3Cl)cc2)CC1. The van der Waals surface area contributed by atoms with Crippen LogP contribution < -0.4 is 5.32 Å². The molecule has 0 unspecified atom stereocenters. The average molecular weight is 496 g/mol. The fourth-order valence-electron chi connectivity index (χ4n) is 3.50. The molecule has 0 aromatic heterocycles. The summed E-state index contributed by atoms with van der Waals surface area (Å²) >= 11 is 7.90. The van der Waals surface area contributed by atoms with Gasteiger partial charge in [-0.1, -0.05) is 41.9 Å². The quantitative estimate of drug-likeness (QED) is 0.511. The summed E-state index contributed by atoms with van der Waals surface area (Å²) in [5.41, 5.74) is 2.86. The topological polar surface area (TPSA) is 69.7 Å². The Kier molecular flexibility index (Phi) is 9.43. The van der Waals surface area contributed by atoms with Crippen LogP contribution in [0.5, 0.6) is 0 Å². The van der Waals surface area contributed by atoms with E-state index in [9.17, 15) is 13.2 Å². The van der Waals surface area contributed by atoms with Crippen LogP contribution in [0.3, 0.4) is 0 Å². The largest absolute Gasteiger partial charge is 0.351 e. The van der Waals surface area contributed by atoms with Crippen LogP contribution in [0.25, 0.3) is 0 Å². The third-order valence-electron chi connectivity index (χ3n) is 5.46. The zero-order valence-corrected chi connectivity index (χ0v) is 20.7. The van der Waals surface area contributed by atoms with Crippen molar-refractivity contribution >= 4 is 39.3 Å². The third-order valence-corrected chi connectivity index (χ3v) is 8.72. The Labute approximate surface area is 200 Å². The first-order chi connectivity index (χ1) is 15.4. The van der Waals surface area contributed by atoms with Crippen LogP contribution in [-0.2, 0) is 22.3 Å². The molecule has 9 heteroatoms. The second-order valence-electron chi connectivity index (χ2n) is 7.67. The van der Waals surface area contributed by atoms with Crippen molar-refractivity contribution in [2.75, 3.05) is 44.2 Å². The van der Waals surface area contributed by atoms with Crippen molar-refractivity contribution in [3.63, 3.8) is 0 Å². The molecule has 1 saturated heterocycles. The van der Waals surface area contributed by atoms with Crippen LogP contribution in [0.15, 0.2) is 48.5 Å². The number of sulfonamides is 1. The molecule has 6 nitrogen and oxygen atoms in total. The van der Waals surface area contributed by atoms with Gasteiger partial charge in [-0.05, 0) is 36.2 Å². The van der Waals surface area contributed by atoms with Crippen molar-refractivity contribution < 1.29 is 13.2 Å². The van der Waals surface area contributed by atoms with Gasteiger partial charge in [0.2, 0.25) is 10.0 Å². The number of piperazine rings is 1. The van der Waals surface area contributed by atoms with Crippen molar-refractivity contribution in [1.29, 1.82) is 0 Å². The van der Waals surface area contributed by atoms with E-state index in [2.05, 4.69) is 10.2 Å². The Morgan fingerprint density at radius 2 is 1.75 bits per heavy atom. The molecular formula is C23H30ClN3O3S2. The zero-order valence-electron chi connectivity index (χ0n) is 18.3. The lowest BCUT2D eigenvalue weighted by Gasteiger charge is -2.33. The van der Waals surface area contributed by atoms with Crippen LogP contribution in [0.2, 0.25) is 5.02 Å². The lowest BCUT2D eigenvalue weighted by Crippen LogP contribution is -2.48. The summed E-state index contributed by atoms with van der Waals surface area (Å²) in [7, 11) is -3.11.